The van der Waals surface area contributed by atoms with Crippen LogP contribution in [0.4, 0.5) is 0 Å². The van der Waals surface area contributed by atoms with Crippen molar-refractivity contribution in [3.05, 3.63) is 111 Å². The van der Waals surface area contributed by atoms with Crippen LogP contribution in [0, 0.1) is 33.3 Å². The molecule has 0 saturated carbocycles. The van der Waals surface area contributed by atoms with E-state index in [1.54, 1.807) is 0 Å². The van der Waals surface area contributed by atoms with Gasteiger partial charge in [0.1, 0.15) is 0 Å². The second-order valence-electron chi connectivity index (χ2n) is 4.19. The molecule has 0 saturated heterocycles. The molecule has 1 heterocycles. The van der Waals surface area contributed by atoms with Crippen molar-refractivity contribution in [1.82, 2.24) is 4.57 Å². The van der Waals surface area contributed by atoms with Crippen molar-refractivity contribution in [2.45, 2.75) is 0 Å². The summed E-state index contributed by atoms with van der Waals surface area (Å²) in [5.41, 5.74) is 6.44. The molecule has 0 fully saturated rings. The fourth-order valence-electron chi connectivity index (χ4n) is 2.19. The molecule has 0 aliphatic carbocycles. The van der Waals surface area contributed by atoms with Gasteiger partial charge in [-0.15, -0.1) is 0 Å². The number of aromatic nitrogens is 1. The first-order valence-corrected chi connectivity index (χ1v) is 7.68. The van der Waals surface area contributed by atoms with Crippen LogP contribution in [-0.2, 0) is 39.1 Å². The van der Waals surface area contributed by atoms with Crippen molar-refractivity contribution in [2.75, 3.05) is 0 Å². The molecule has 2 aromatic carbocycles. The average Bonchev–Trinajstić information content (AvgIpc) is 3.28. The number of hydrogen-bond donors (Lipinski definition) is 0. The minimum atomic E-state index is 0.987. The average molecular weight is 421 g/mol. The molecule has 0 aliphatic rings. The SMILES string of the molecule is [C-]#[O+].[C-]#[O+].[C-]#[O+].[C-]#[O+].[C-]#[O+].[Cr]=[C]=C=C(c1ccccc1)n1ccc2ccccc21. The van der Waals surface area contributed by atoms with Crippen LogP contribution >= 0.6 is 0 Å². The summed E-state index contributed by atoms with van der Waals surface area (Å²) in [6.45, 7) is 22.5. The summed E-state index contributed by atoms with van der Waals surface area (Å²) < 4.78 is 42.5. The van der Waals surface area contributed by atoms with Gasteiger partial charge in [0.2, 0.25) is 0 Å². The maximum atomic E-state index is 7.50. The Morgan fingerprint density at radius 3 is 1.69 bits per heavy atom. The molecule has 7 heteroatoms. The van der Waals surface area contributed by atoms with Crippen LogP contribution in [0.3, 0.4) is 0 Å². The van der Waals surface area contributed by atoms with Gasteiger partial charge in [-0.25, -0.2) is 0 Å². The van der Waals surface area contributed by atoms with Gasteiger partial charge in [-0.2, -0.15) is 0 Å². The van der Waals surface area contributed by atoms with Gasteiger partial charge < -0.3 is 0 Å². The molecule has 0 aliphatic heterocycles. The Morgan fingerprint density at radius 2 is 1.17 bits per heavy atom. The van der Waals surface area contributed by atoms with Crippen LogP contribution in [0.25, 0.3) is 16.6 Å². The van der Waals surface area contributed by atoms with Crippen molar-refractivity contribution in [2.24, 2.45) is 0 Å². The first-order chi connectivity index (χ1) is 14.4. The van der Waals surface area contributed by atoms with E-state index in [2.05, 4.69) is 100 Å². The third-order valence-electron chi connectivity index (χ3n) is 3.06. The van der Waals surface area contributed by atoms with Gasteiger partial charge >= 0.3 is 176 Å². The fraction of sp³-hybridized carbons (Fsp3) is 0. The summed E-state index contributed by atoms with van der Waals surface area (Å²) >= 11 is 2.76. The zero-order chi connectivity index (χ0) is 23.1. The zero-order valence-electron chi connectivity index (χ0n) is 14.7. The Hall–Kier alpha value is -3.36. The molecule has 6 nitrogen and oxygen atoms in total. The molecule has 0 spiro atoms. The monoisotopic (exact) mass is 421 g/mol. The molecule has 1 aromatic heterocycles. The van der Waals surface area contributed by atoms with Gasteiger partial charge in [-0.3, -0.25) is 0 Å². The van der Waals surface area contributed by atoms with Gasteiger partial charge in [-0.1, -0.05) is 0 Å². The molecule has 0 bridgehead atoms. The predicted octanol–water partition coefficient (Wildman–Crippen LogP) is 3.45. The van der Waals surface area contributed by atoms with Crippen LogP contribution in [0.1, 0.15) is 5.56 Å². The van der Waals surface area contributed by atoms with Crippen molar-refractivity contribution in [3.63, 3.8) is 0 Å². The Morgan fingerprint density at radius 1 is 0.690 bits per heavy atom. The molecule has 0 N–H and O–H groups in total. The van der Waals surface area contributed by atoms with E-state index in [0.717, 1.165) is 11.3 Å². The topological polar surface area (TPSA) is 104 Å². The van der Waals surface area contributed by atoms with Crippen LogP contribution in [-0.4, -0.2) is 9.11 Å². The Balaban J connectivity index is -0.000000594. The van der Waals surface area contributed by atoms with E-state index in [4.69, 9.17) is 23.3 Å². The zero-order valence-corrected chi connectivity index (χ0v) is 16.0. The van der Waals surface area contributed by atoms with E-state index in [0.29, 0.717) is 0 Å². The summed E-state index contributed by atoms with van der Waals surface area (Å²) in [5, 5.41) is 1.22. The predicted molar refractivity (Wildman–Crippen MR) is 95.4 cm³/mol. The van der Waals surface area contributed by atoms with Gasteiger partial charge in [0.05, 0.1) is 0 Å². The number of para-hydroxylation sites is 1. The molecule has 0 unspecified atom stereocenters. The van der Waals surface area contributed by atoms with Crippen LogP contribution in [0.15, 0.2) is 72.6 Å². The van der Waals surface area contributed by atoms with Gasteiger partial charge in [0.15, 0.2) is 0 Å². The molecule has 0 radical (unpaired) electrons. The quantitative estimate of drug-likeness (QED) is 0.344. The third-order valence-corrected chi connectivity index (χ3v) is 3.22. The van der Waals surface area contributed by atoms with Crippen LogP contribution in [0.5, 0.6) is 0 Å². The fourth-order valence-corrected chi connectivity index (χ4v) is 2.34. The maximum absolute atomic E-state index is 7.50. The van der Waals surface area contributed by atoms with Crippen molar-refractivity contribution in [1.29, 1.82) is 0 Å². The summed E-state index contributed by atoms with van der Waals surface area (Å²) in [6, 6.07) is 20.7. The Bertz CT molecular complexity index is 995. The molecular weight excluding hydrogens is 410 g/mol. The summed E-state index contributed by atoms with van der Waals surface area (Å²) in [7, 11) is 0. The van der Waals surface area contributed by atoms with E-state index in [9.17, 15) is 0 Å². The van der Waals surface area contributed by atoms with Gasteiger partial charge in [0, 0.05) is 0 Å². The summed E-state index contributed by atoms with van der Waals surface area (Å²) in [5.74, 6) is 0. The number of hydrogen-bond acceptors (Lipinski definition) is 0. The number of rotatable bonds is 2. The first-order valence-electron chi connectivity index (χ1n) is 7.04. The number of nitrogens with zero attached hydrogens (tertiary/aromatic N) is 1. The van der Waals surface area contributed by atoms with Crippen molar-refractivity contribution >= 4 is 21.1 Å². The third kappa shape index (κ3) is 9.94. The number of fused-ring (bicyclic) bond motifs is 1. The molecule has 3 aromatic rings. The number of benzene rings is 2. The van der Waals surface area contributed by atoms with Gasteiger partial charge in [-0.05, 0) is 0 Å². The van der Waals surface area contributed by atoms with E-state index in [1.807, 2.05) is 30.3 Å². The van der Waals surface area contributed by atoms with Gasteiger partial charge in [0.25, 0.3) is 0 Å². The molecule has 0 atom stereocenters. The minimum absolute atomic E-state index is 0.987. The van der Waals surface area contributed by atoms with Crippen molar-refractivity contribution < 1.29 is 39.1 Å². The van der Waals surface area contributed by atoms with E-state index < -0.39 is 0 Å². The molecule has 29 heavy (non-hydrogen) atoms. The van der Waals surface area contributed by atoms with E-state index in [1.165, 1.54) is 10.9 Å². The molecule has 3 rings (SSSR count). The second-order valence-corrected chi connectivity index (χ2v) is 4.51. The normalized spacial score (nSPS) is 6.83. The van der Waals surface area contributed by atoms with Crippen molar-refractivity contribution in [3.8, 4) is 0 Å². The molecule has 140 valence electrons. The molecular formula is C22H11CrNO5. The van der Waals surface area contributed by atoms with Crippen LogP contribution < -0.4 is 0 Å². The summed E-state index contributed by atoms with van der Waals surface area (Å²) in [6.07, 6.45) is 2.07. The van der Waals surface area contributed by atoms with Crippen LogP contribution in [0.2, 0.25) is 0 Å². The van der Waals surface area contributed by atoms with E-state index >= 15 is 0 Å². The Kier molecular flexibility index (Phi) is 23.8. The molecule has 0 amide bonds. The summed E-state index contributed by atoms with van der Waals surface area (Å²) in [4.78, 5) is 0. The first kappa shape index (κ1) is 30.4. The standard InChI is InChI=1S/C17H11N.5CO.Cr/c1-2-16(14-8-4-3-5-9-14)18-13-12-15-10-6-7-11-17(15)18;5*1-2;/h3-13H;;;;;;. The van der Waals surface area contributed by atoms with E-state index in [-0.39, 0.29) is 0 Å². The Labute approximate surface area is 176 Å². The second kappa shape index (κ2) is 22.7.